The van der Waals surface area contributed by atoms with Gasteiger partial charge in [0, 0.05) is 5.57 Å². The van der Waals surface area contributed by atoms with Crippen LogP contribution in [0.4, 0.5) is 0 Å². The molecular formula is C18H19NO3S. The summed E-state index contributed by atoms with van der Waals surface area (Å²) in [6.07, 6.45) is 0.572. The van der Waals surface area contributed by atoms with Gasteiger partial charge in [-0.1, -0.05) is 54.1 Å². The first kappa shape index (κ1) is 17.1. The van der Waals surface area contributed by atoms with Crippen molar-refractivity contribution in [3.63, 3.8) is 0 Å². The number of carbonyl (C=O) groups excluding carboxylic acids is 1. The summed E-state index contributed by atoms with van der Waals surface area (Å²) in [4.78, 5) is 11.3. The van der Waals surface area contributed by atoms with Gasteiger partial charge in [-0.3, -0.25) is 4.79 Å². The van der Waals surface area contributed by atoms with Gasteiger partial charge in [0.1, 0.15) is 6.29 Å². The number of benzene rings is 2. The molecule has 0 spiro atoms. The summed E-state index contributed by atoms with van der Waals surface area (Å²) in [7, 11) is -3.76. The highest BCUT2D eigenvalue weighted by Crippen LogP contribution is 2.23. The van der Waals surface area contributed by atoms with E-state index >= 15 is 0 Å². The van der Waals surface area contributed by atoms with Gasteiger partial charge < -0.3 is 0 Å². The quantitative estimate of drug-likeness (QED) is 0.654. The zero-order valence-corrected chi connectivity index (χ0v) is 13.9. The molecule has 0 saturated heterocycles. The highest BCUT2D eigenvalue weighted by Gasteiger charge is 2.23. The molecule has 0 bridgehead atoms. The largest absolute Gasteiger partial charge is 0.298 e. The third kappa shape index (κ3) is 4.15. The topological polar surface area (TPSA) is 63.2 Å². The van der Waals surface area contributed by atoms with Crippen LogP contribution in [-0.4, -0.2) is 14.7 Å². The molecule has 2 aromatic carbocycles. The van der Waals surface area contributed by atoms with E-state index < -0.39 is 16.1 Å². The second-order valence-corrected chi connectivity index (χ2v) is 7.18. The minimum absolute atomic E-state index is 0.152. The number of hydrogen-bond donors (Lipinski definition) is 1. The van der Waals surface area contributed by atoms with Crippen molar-refractivity contribution in [2.45, 2.75) is 24.8 Å². The van der Waals surface area contributed by atoms with Crippen LogP contribution in [0, 0.1) is 13.8 Å². The van der Waals surface area contributed by atoms with Gasteiger partial charge in [0.15, 0.2) is 0 Å². The number of sulfonamides is 1. The lowest BCUT2D eigenvalue weighted by molar-refractivity contribution is -0.105. The van der Waals surface area contributed by atoms with Gasteiger partial charge in [-0.05, 0) is 31.5 Å². The van der Waals surface area contributed by atoms with E-state index in [4.69, 9.17) is 0 Å². The van der Waals surface area contributed by atoms with E-state index in [1.165, 1.54) is 12.1 Å². The Kier molecular flexibility index (Phi) is 5.13. The van der Waals surface area contributed by atoms with Gasteiger partial charge in [0.2, 0.25) is 10.0 Å². The Morgan fingerprint density at radius 1 is 1.00 bits per heavy atom. The second kappa shape index (κ2) is 6.89. The van der Waals surface area contributed by atoms with E-state index in [1.54, 1.807) is 24.3 Å². The van der Waals surface area contributed by atoms with Gasteiger partial charge in [-0.15, -0.1) is 0 Å². The molecule has 2 aromatic rings. The van der Waals surface area contributed by atoms with Gasteiger partial charge in [0.05, 0.1) is 10.9 Å². The van der Waals surface area contributed by atoms with E-state index in [0.717, 1.165) is 11.1 Å². The lowest BCUT2D eigenvalue weighted by atomic mass is 10.0. The number of rotatable bonds is 6. The Morgan fingerprint density at radius 3 is 1.96 bits per heavy atom. The van der Waals surface area contributed by atoms with E-state index in [0.29, 0.717) is 11.8 Å². The fourth-order valence-electron chi connectivity index (χ4n) is 2.13. The number of aldehydes is 1. The molecule has 0 heterocycles. The first-order chi connectivity index (χ1) is 10.8. The average molecular weight is 329 g/mol. The molecule has 0 aliphatic heterocycles. The minimum atomic E-state index is -3.76. The van der Waals surface area contributed by atoms with Crippen LogP contribution >= 0.6 is 0 Å². The maximum Gasteiger partial charge on any atom is 0.241 e. The Bertz CT molecular complexity index is 806. The van der Waals surface area contributed by atoms with Crippen molar-refractivity contribution in [3.8, 4) is 0 Å². The van der Waals surface area contributed by atoms with E-state index in [9.17, 15) is 13.2 Å². The lowest BCUT2D eigenvalue weighted by Crippen LogP contribution is -2.30. The Morgan fingerprint density at radius 2 is 1.48 bits per heavy atom. The fourth-order valence-corrected chi connectivity index (χ4v) is 3.35. The van der Waals surface area contributed by atoms with Crippen molar-refractivity contribution in [3.05, 3.63) is 77.4 Å². The van der Waals surface area contributed by atoms with Crippen LogP contribution in [0.5, 0.6) is 0 Å². The monoisotopic (exact) mass is 329 g/mol. The summed E-state index contributed by atoms with van der Waals surface area (Å²) in [5, 5.41) is 0. The molecule has 0 aromatic heterocycles. The molecule has 0 radical (unpaired) electrons. The molecule has 120 valence electrons. The summed E-state index contributed by atoms with van der Waals surface area (Å²) in [5.41, 5.74) is 2.84. The Hall–Kier alpha value is -2.24. The standard InChI is InChI=1S/C18H19NO3S/c1-13-4-8-16(9-5-13)18(15(3)12-20)19-23(21,22)17-10-6-14(2)7-11-17/h4-12,18-19H,3H2,1-2H3. The summed E-state index contributed by atoms with van der Waals surface area (Å²) in [6, 6.07) is 13.0. The third-order valence-corrected chi connectivity index (χ3v) is 4.98. The predicted octanol–water partition coefficient (Wildman–Crippen LogP) is 3.08. The zero-order chi connectivity index (χ0) is 17.0. The second-order valence-electron chi connectivity index (χ2n) is 5.47. The maximum atomic E-state index is 12.5. The first-order valence-electron chi connectivity index (χ1n) is 7.13. The van der Waals surface area contributed by atoms with Gasteiger partial charge in [-0.2, -0.15) is 4.72 Å². The highest BCUT2D eigenvalue weighted by molar-refractivity contribution is 7.89. The van der Waals surface area contributed by atoms with Crippen molar-refractivity contribution < 1.29 is 13.2 Å². The molecule has 0 fully saturated rings. The van der Waals surface area contributed by atoms with Gasteiger partial charge in [0.25, 0.3) is 0 Å². The van der Waals surface area contributed by atoms with Gasteiger partial charge in [-0.25, -0.2) is 8.42 Å². The molecule has 1 N–H and O–H groups in total. The summed E-state index contributed by atoms with van der Waals surface area (Å²) in [6.45, 7) is 7.49. The van der Waals surface area contributed by atoms with Gasteiger partial charge >= 0.3 is 0 Å². The third-order valence-electron chi connectivity index (χ3n) is 3.54. The van der Waals surface area contributed by atoms with Crippen LogP contribution in [-0.2, 0) is 14.8 Å². The number of carbonyl (C=O) groups is 1. The van der Waals surface area contributed by atoms with Crippen LogP contribution in [0.15, 0.2) is 65.6 Å². The Balaban J connectivity index is 2.37. The van der Waals surface area contributed by atoms with Crippen LogP contribution in [0.25, 0.3) is 0 Å². The molecule has 1 unspecified atom stereocenters. The average Bonchev–Trinajstić information content (AvgIpc) is 2.53. The smallest absolute Gasteiger partial charge is 0.241 e. The lowest BCUT2D eigenvalue weighted by Gasteiger charge is -2.19. The fraction of sp³-hybridized carbons (Fsp3) is 0.167. The molecule has 4 nitrogen and oxygen atoms in total. The first-order valence-corrected chi connectivity index (χ1v) is 8.61. The van der Waals surface area contributed by atoms with Crippen LogP contribution in [0.3, 0.4) is 0 Å². The van der Waals surface area contributed by atoms with E-state index in [2.05, 4.69) is 11.3 Å². The molecular weight excluding hydrogens is 310 g/mol. The normalized spacial score (nSPS) is 12.6. The van der Waals surface area contributed by atoms with Crippen LogP contribution in [0.2, 0.25) is 0 Å². The summed E-state index contributed by atoms with van der Waals surface area (Å²) >= 11 is 0. The van der Waals surface area contributed by atoms with Crippen LogP contribution < -0.4 is 4.72 Å². The van der Waals surface area contributed by atoms with Crippen LogP contribution in [0.1, 0.15) is 22.7 Å². The highest BCUT2D eigenvalue weighted by atomic mass is 32.2. The number of hydrogen-bond acceptors (Lipinski definition) is 3. The molecule has 23 heavy (non-hydrogen) atoms. The number of aryl methyl sites for hydroxylation is 2. The van der Waals surface area contributed by atoms with Crippen molar-refractivity contribution in [2.75, 3.05) is 0 Å². The van der Waals surface area contributed by atoms with Crippen molar-refractivity contribution in [1.29, 1.82) is 0 Å². The molecule has 5 heteroatoms. The summed E-state index contributed by atoms with van der Waals surface area (Å²) < 4.78 is 27.6. The van der Waals surface area contributed by atoms with E-state index in [1.807, 2.05) is 26.0 Å². The zero-order valence-electron chi connectivity index (χ0n) is 13.1. The molecule has 0 amide bonds. The van der Waals surface area contributed by atoms with Crippen molar-refractivity contribution >= 4 is 16.3 Å². The predicted molar refractivity (Wildman–Crippen MR) is 90.6 cm³/mol. The molecule has 0 aliphatic rings. The minimum Gasteiger partial charge on any atom is -0.298 e. The Labute approximate surface area is 136 Å². The van der Waals surface area contributed by atoms with Crippen molar-refractivity contribution in [2.24, 2.45) is 0 Å². The number of nitrogens with one attached hydrogen (secondary N) is 1. The molecule has 0 saturated carbocycles. The summed E-state index contributed by atoms with van der Waals surface area (Å²) in [5.74, 6) is 0. The SMILES string of the molecule is C=C(C=O)C(NS(=O)(=O)c1ccc(C)cc1)c1ccc(C)cc1. The maximum absolute atomic E-state index is 12.5. The molecule has 1 atom stereocenters. The van der Waals surface area contributed by atoms with Crippen molar-refractivity contribution in [1.82, 2.24) is 4.72 Å². The molecule has 0 aliphatic carbocycles. The van der Waals surface area contributed by atoms with E-state index in [-0.39, 0.29) is 10.5 Å². The molecule has 2 rings (SSSR count).